The van der Waals surface area contributed by atoms with E-state index in [1.54, 1.807) is 11.8 Å². The van der Waals surface area contributed by atoms with Gasteiger partial charge in [0.2, 0.25) is 5.91 Å². The fraction of sp³-hybridized carbons (Fsp3) is 0.450. The van der Waals surface area contributed by atoms with Crippen LogP contribution in [0.4, 0.5) is 5.82 Å². The van der Waals surface area contributed by atoms with Crippen LogP contribution >= 0.6 is 0 Å². The highest BCUT2D eigenvalue weighted by Crippen LogP contribution is 2.32. The van der Waals surface area contributed by atoms with Crippen LogP contribution < -0.4 is 4.90 Å². The van der Waals surface area contributed by atoms with Gasteiger partial charge in [-0.2, -0.15) is 0 Å². The van der Waals surface area contributed by atoms with Gasteiger partial charge < -0.3 is 14.9 Å². The maximum Gasteiger partial charge on any atom is 0.219 e. The van der Waals surface area contributed by atoms with E-state index in [0.717, 1.165) is 42.2 Å². The number of rotatable bonds is 2. The Morgan fingerprint density at radius 2 is 1.92 bits per heavy atom. The number of anilines is 1. The number of amides is 1. The van der Waals surface area contributed by atoms with Crippen LogP contribution in [0.15, 0.2) is 30.3 Å². The van der Waals surface area contributed by atoms with Crippen molar-refractivity contribution in [1.82, 2.24) is 14.9 Å². The van der Waals surface area contributed by atoms with Crippen molar-refractivity contribution in [1.29, 1.82) is 0 Å². The largest absolute Gasteiger partial charge is 0.389 e. The first-order valence-electron chi connectivity index (χ1n) is 9.25. The molecular formula is C20H24N4O2. The van der Waals surface area contributed by atoms with Gasteiger partial charge in [0.15, 0.2) is 5.82 Å². The molecule has 2 aromatic rings. The van der Waals surface area contributed by atoms with Crippen molar-refractivity contribution in [3.8, 4) is 11.4 Å². The molecule has 0 radical (unpaired) electrons. The fourth-order valence-corrected chi connectivity index (χ4v) is 3.86. The number of aliphatic hydroxyl groups excluding tert-OH is 1. The summed E-state index contributed by atoms with van der Waals surface area (Å²) in [4.78, 5) is 25.3. The highest BCUT2D eigenvalue weighted by molar-refractivity contribution is 5.73. The van der Waals surface area contributed by atoms with Gasteiger partial charge in [-0.25, -0.2) is 9.97 Å². The molecule has 4 rings (SSSR count). The lowest BCUT2D eigenvalue weighted by molar-refractivity contribution is -0.129. The van der Waals surface area contributed by atoms with E-state index in [0.29, 0.717) is 26.2 Å². The molecule has 2 heterocycles. The molecule has 0 bridgehead atoms. The first kappa shape index (κ1) is 17.0. The van der Waals surface area contributed by atoms with E-state index in [1.807, 2.05) is 30.3 Å². The van der Waals surface area contributed by atoms with E-state index in [-0.39, 0.29) is 5.91 Å². The monoisotopic (exact) mass is 352 g/mol. The molecule has 0 unspecified atom stereocenters. The van der Waals surface area contributed by atoms with E-state index in [1.165, 1.54) is 5.56 Å². The van der Waals surface area contributed by atoms with Gasteiger partial charge in [-0.15, -0.1) is 0 Å². The number of fused-ring (bicyclic) bond motifs is 1. The molecule has 2 aliphatic rings. The summed E-state index contributed by atoms with van der Waals surface area (Å²) < 4.78 is 0. The lowest BCUT2D eigenvalue weighted by Crippen LogP contribution is -2.36. The average molecular weight is 352 g/mol. The minimum absolute atomic E-state index is 0.00351. The van der Waals surface area contributed by atoms with Gasteiger partial charge in [0.25, 0.3) is 0 Å². The van der Waals surface area contributed by atoms with Crippen molar-refractivity contribution in [2.45, 2.75) is 32.3 Å². The van der Waals surface area contributed by atoms with Gasteiger partial charge in [0, 0.05) is 49.9 Å². The Balaban J connectivity index is 1.71. The molecule has 0 spiro atoms. The van der Waals surface area contributed by atoms with Gasteiger partial charge in [0.1, 0.15) is 5.82 Å². The lowest BCUT2D eigenvalue weighted by Gasteiger charge is -2.25. The normalized spacial score (nSPS) is 20.0. The minimum atomic E-state index is -0.575. The first-order chi connectivity index (χ1) is 12.6. The summed E-state index contributed by atoms with van der Waals surface area (Å²) in [5, 5.41) is 10.4. The maximum atomic E-state index is 11.7. The van der Waals surface area contributed by atoms with Gasteiger partial charge >= 0.3 is 0 Å². The predicted octanol–water partition coefficient (Wildman–Crippen LogP) is 1.66. The molecule has 1 atom stereocenters. The van der Waals surface area contributed by atoms with Crippen LogP contribution in [0, 0.1) is 0 Å². The van der Waals surface area contributed by atoms with Crippen molar-refractivity contribution < 1.29 is 9.90 Å². The number of benzene rings is 1. The molecule has 6 heteroatoms. The quantitative estimate of drug-likeness (QED) is 0.890. The molecular weight excluding hydrogens is 328 g/mol. The first-order valence-corrected chi connectivity index (χ1v) is 9.25. The van der Waals surface area contributed by atoms with E-state index < -0.39 is 6.10 Å². The number of hydrogen-bond donors (Lipinski definition) is 1. The smallest absolute Gasteiger partial charge is 0.219 e. The molecule has 26 heavy (non-hydrogen) atoms. The second-order valence-corrected chi connectivity index (χ2v) is 7.08. The number of aliphatic hydroxyl groups is 1. The van der Waals surface area contributed by atoms with Crippen LogP contribution in [0.5, 0.6) is 0 Å². The molecule has 1 aromatic carbocycles. The Bertz CT molecular complexity index is 809. The number of carbonyl (C=O) groups excluding carboxylic acids is 1. The summed E-state index contributed by atoms with van der Waals surface area (Å²) in [7, 11) is 0. The summed E-state index contributed by atoms with van der Waals surface area (Å²) in [6, 6.07) is 10.0. The SMILES string of the molecule is CC(=O)N1CCN(c2nc(-c3ccccc3)nc3c2CCC3)C[C@@H](O)C1. The van der Waals surface area contributed by atoms with Gasteiger partial charge in [0.05, 0.1) is 6.10 Å². The van der Waals surface area contributed by atoms with E-state index in [4.69, 9.17) is 9.97 Å². The molecule has 1 saturated heterocycles. The van der Waals surface area contributed by atoms with Crippen molar-refractivity contribution in [2.75, 3.05) is 31.1 Å². The van der Waals surface area contributed by atoms with Gasteiger partial charge in [-0.05, 0) is 19.3 Å². The molecule has 136 valence electrons. The van der Waals surface area contributed by atoms with Crippen molar-refractivity contribution >= 4 is 11.7 Å². The van der Waals surface area contributed by atoms with Crippen LogP contribution in [-0.4, -0.2) is 58.2 Å². The second kappa shape index (κ2) is 7.03. The lowest BCUT2D eigenvalue weighted by atomic mass is 10.1. The van der Waals surface area contributed by atoms with Crippen LogP contribution in [0.2, 0.25) is 0 Å². The summed E-state index contributed by atoms with van der Waals surface area (Å²) >= 11 is 0. The molecule has 1 aliphatic heterocycles. The standard InChI is InChI=1S/C20H24N4O2/c1-14(25)23-10-11-24(13-16(26)12-23)20-17-8-5-9-18(17)21-19(22-20)15-6-3-2-4-7-15/h2-4,6-7,16,26H,5,8-13H2,1H3/t16-/m0/s1. The number of aryl methyl sites for hydroxylation is 1. The van der Waals surface area contributed by atoms with Crippen LogP contribution in [0.1, 0.15) is 24.6 Å². The van der Waals surface area contributed by atoms with Gasteiger partial charge in [-0.1, -0.05) is 30.3 Å². The van der Waals surface area contributed by atoms with Crippen LogP contribution in [0.25, 0.3) is 11.4 Å². The third kappa shape index (κ3) is 3.29. The topological polar surface area (TPSA) is 69.6 Å². The summed E-state index contributed by atoms with van der Waals surface area (Å²) in [6.07, 6.45) is 2.46. The van der Waals surface area contributed by atoms with E-state index in [9.17, 15) is 9.90 Å². The van der Waals surface area contributed by atoms with Crippen LogP contribution in [-0.2, 0) is 17.6 Å². The number of aromatic nitrogens is 2. The Labute approximate surface area is 153 Å². The van der Waals surface area contributed by atoms with Crippen LogP contribution in [0.3, 0.4) is 0 Å². The number of hydrogen-bond acceptors (Lipinski definition) is 5. The molecule has 1 aromatic heterocycles. The Hall–Kier alpha value is -2.47. The minimum Gasteiger partial charge on any atom is -0.389 e. The Morgan fingerprint density at radius 3 is 2.69 bits per heavy atom. The zero-order valence-corrected chi connectivity index (χ0v) is 15.1. The van der Waals surface area contributed by atoms with Crippen molar-refractivity contribution in [3.05, 3.63) is 41.6 Å². The fourth-order valence-electron chi connectivity index (χ4n) is 3.86. The highest BCUT2D eigenvalue weighted by Gasteiger charge is 2.28. The molecule has 1 fully saturated rings. The van der Waals surface area contributed by atoms with E-state index >= 15 is 0 Å². The number of carbonyl (C=O) groups is 1. The van der Waals surface area contributed by atoms with Crippen molar-refractivity contribution in [3.63, 3.8) is 0 Å². The maximum absolute atomic E-state index is 11.7. The zero-order valence-electron chi connectivity index (χ0n) is 15.1. The average Bonchev–Trinajstić information content (AvgIpc) is 3.03. The highest BCUT2D eigenvalue weighted by atomic mass is 16.3. The molecule has 1 aliphatic carbocycles. The summed E-state index contributed by atoms with van der Waals surface area (Å²) in [5.74, 6) is 1.67. The Kier molecular flexibility index (Phi) is 4.59. The van der Waals surface area contributed by atoms with Gasteiger partial charge in [-0.3, -0.25) is 4.79 Å². The molecule has 0 saturated carbocycles. The summed E-state index contributed by atoms with van der Waals surface area (Å²) in [5.41, 5.74) is 3.33. The van der Waals surface area contributed by atoms with Crippen molar-refractivity contribution in [2.24, 2.45) is 0 Å². The second-order valence-electron chi connectivity index (χ2n) is 7.08. The number of nitrogens with zero attached hydrogens (tertiary/aromatic N) is 4. The molecule has 1 amide bonds. The zero-order chi connectivity index (χ0) is 18.1. The number of β-amino-alcohol motifs (C(OH)–C–C–N with tert-alkyl or cyclic N) is 1. The molecule has 1 N–H and O–H groups in total. The molecule has 6 nitrogen and oxygen atoms in total. The third-order valence-corrected chi connectivity index (χ3v) is 5.19. The Morgan fingerprint density at radius 1 is 1.12 bits per heavy atom. The third-order valence-electron chi connectivity index (χ3n) is 5.19. The predicted molar refractivity (Wildman–Crippen MR) is 100.0 cm³/mol. The van der Waals surface area contributed by atoms with E-state index in [2.05, 4.69) is 4.90 Å². The summed E-state index contributed by atoms with van der Waals surface area (Å²) in [6.45, 7) is 3.70.